The maximum atomic E-state index is 11.9. The van der Waals surface area contributed by atoms with E-state index in [0.29, 0.717) is 12.3 Å². The number of nitrogens with zero attached hydrogens (tertiary/aromatic N) is 1. The molecular formula is C13H23ClN2OS. The van der Waals surface area contributed by atoms with Crippen LogP contribution in [-0.4, -0.2) is 30.4 Å². The molecule has 18 heavy (non-hydrogen) atoms. The third kappa shape index (κ3) is 5.85. The fourth-order valence-electron chi connectivity index (χ4n) is 1.50. The van der Waals surface area contributed by atoms with Crippen LogP contribution in [0.15, 0.2) is 16.8 Å². The Morgan fingerprint density at radius 3 is 2.67 bits per heavy atom. The Morgan fingerprint density at radius 1 is 1.50 bits per heavy atom. The number of rotatable bonds is 6. The summed E-state index contributed by atoms with van der Waals surface area (Å²) in [6.45, 7) is 4.96. The van der Waals surface area contributed by atoms with Crippen LogP contribution in [0.25, 0.3) is 0 Å². The number of amides is 1. The predicted octanol–water partition coefficient (Wildman–Crippen LogP) is 2.54. The molecule has 0 aliphatic carbocycles. The molecule has 1 atom stereocenters. The normalized spacial score (nSPS) is 12.1. The second kappa shape index (κ2) is 8.51. The van der Waals surface area contributed by atoms with Crippen LogP contribution < -0.4 is 5.73 Å². The van der Waals surface area contributed by atoms with Gasteiger partial charge in [-0.2, -0.15) is 11.3 Å². The van der Waals surface area contributed by atoms with Crippen molar-refractivity contribution in [2.75, 3.05) is 13.6 Å². The molecule has 104 valence electrons. The minimum Gasteiger partial charge on any atom is -0.345 e. The van der Waals surface area contributed by atoms with Gasteiger partial charge in [0.1, 0.15) is 0 Å². The van der Waals surface area contributed by atoms with E-state index >= 15 is 0 Å². The maximum Gasteiger partial charge on any atom is 0.226 e. The lowest BCUT2D eigenvalue weighted by Crippen LogP contribution is -2.35. The number of nitrogens with two attached hydrogens (primary N) is 1. The lowest BCUT2D eigenvalue weighted by molar-refractivity contribution is -0.129. The highest BCUT2D eigenvalue weighted by molar-refractivity contribution is 7.07. The molecule has 0 aliphatic heterocycles. The molecule has 1 aromatic heterocycles. The van der Waals surface area contributed by atoms with Crippen molar-refractivity contribution < 1.29 is 4.79 Å². The molecule has 0 bridgehead atoms. The molecule has 0 fully saturated rings. The second-order valence-electron chi connectivity index (χ2n) is 4.82. The van der Waals surface area contributed by atoms with Gasteiger partial charge in [0.2, 0.25) is 5.91 Å². The Morgan fingerprint density at radius 2 is 2.17 bits per heavy atom. The number of carbonyl (C=O) groups excluding carboxylic acids is 1. The highest BCUT2D eigenvalue weighted by Crippen LogP contribution is 2.09. The number of carbonyl (C=O) groups is 1. The first-order valence-electron chi connectivity index (χ1n) is 6.01. The van der Waals surface area contributed by atoms with Crippen molar-refractivity contribution in [2.45, 2.75) is 32.7 Å². The minimum absolute atomic E-state index is 0. The molecule has 1 unspecified atom stereocenters. The fraction of sp³-hybridized carbons (Fsp3) is 0.615. The lowest BCUT2D eigenvalue weighted by Gasteiger charge is -2.21. The van der Waals surface area contributed by atoms with Crippen molar-refractivity contribution in [2.24, 2.45) is 11.7 Å². The third-order valence-electron chi connectivity index (χ3n) is 3.02. The zero-order chi connectivity index (χ0) is 12.8. The Labute approximate surface area is 120 Å². The van der Waals surface area contributed by atoms with E-state index < -0.39 is 0 Å². The molecule has 3 nitrogen and oxygen atoms in total. The van der Waals surface area contributed by atoms with Crippen molar-refractivity contribution in [3.05, 3.63) is 22.4 Å². The minimum atomic E-state index is 0. The van der Waals surface area contributed by atoms with Crippen LogP contribution in [-0.2, 0) is 11.2 Å². The van der Waals surface area contributed by atoms with E-state index in [1.807, 2.05) is 23.9 Å². The summed E-state index contributed by atoms with van der Waals surface area (Å²) in [6.07, 6.45) is 1.36. The highest BCUT2D eigenvalue weighted by Gasteiger charge is 2.13. The first kappa shape index (κ1) is 17.4. The summed E-state index contributed by atoms with van der Waals surface area (Å²) in [4.78, 5) is 13.7. The zero-order valence-electron chi connectivity index (χ0n) is 11.3. The van der Waals surface area contributed by atoms with E-state index in [1.165, 1.54) is 0 Å². The average Bonchev–Trinajstić information content (AvgIpc) is 2.77. The van der Waals surface area contributed by atoms with Crippen molar-refractivity contribution in [3.8, 4) is 0 Å². The molecule has 0 radical (unpaired) electrons. The first-order valence-corrected chi connectivity index (χ1v) is 6.95. The van der Waals surface area contributed by atoms with E-state index in [1.54, 1.807) is 16.2 Å². The van der Waals surface area contributed by atoms with Gasteiger partial charge in [0.15, 0.2) is 0 Å². The average molecular weight is 291 g/mol. The van der Waals surface area contributed by atoms with Gasteiger partial charge in [0, 0.05) is 19.6 Å². The summed E-state index contributed by atoms with van der Waals surface area (Å²) < 4.78 is 0. The number of hydrogen-bond donors (Lipinski definition) is 1. The van der Waals surface area contributed by atoms with Gasteiger partial charge in [-0.05, 0) is 34.7 Å². The standard InChI is InChI=1S/C13H22N2OS.ClH/c1-10(2)12(14)4-6-15(3)13(16)8-11-5-7-17-9-11;/h5,7,9-10,12H,4,6,8,14H2,1-3H3;1H. The lowest BCUT2D eigenvalue weighted by atomic mass is 10.0. The molecule has 5 heteroatoms. The Hall–Kier alpha value is -0.580. The molecule has 1 aromatic rings. The molecule has 1 rings (SSSR count). The summed E-state index contributed by atoms with van der Waals surface area (Å²) in [7, 11) is 1.85. The number of hydrogen-bond acceptors (Lipinski definition) is 3. The van der Waals surface area contributed by atoms with Gasteiger partial charge in [0.05, 0.1) is 6.42 Å². The van der Waals surface area contributed by atoms with Gasteiger partial charge in [-0.3, -0.25) is 4.79 Å². The molecule has 0 aromatic carbocycles. The summed E-state index contributed by atoms with van der Waals surface area (Å²) in [6, 6.07) is 2.17. The molecule has 1 heterocycles. The molecule has 0 spiro atoms. The molecule has 1 amide bonds. The van der Waals surface area contributed by atoms with Crippen molar-refractivity contribution in [1.29, 1.82) is 0 Å². The molecule has 0 saturated heterocycles. The van der Waals surface area contributed by atoms with Gasteiger partial charge in [-0.1, -0.05) is 13.8 Å². The zero-order valence-corrected chi connectivity index (χ0v) is 12.9. The van der Waals surface area contributed by atoms with Crippen molar-refractivity contribution in [3.63, 3.8) is 0 Å². The smallest absolute Gasteiger partial charge is 0.226 e. The van der Waals surface area contributed by atoms with Gasteiger partial charge in [0.25, 0.3) is 0 Å². The quantitative estimate of drug-likeness (QED) is 0.875. The monoisotopic (exact) mass is 290 g/mol. The Kier molecular flexibility index (Phi) is 8.24. The van der Waals surface area contributed by atoms with Crippen LogP contribution in [0.5, 0.6) is 0 Å². The highest BCUT2D eigenvalue weighted by atomic mass is 35.5. The second-order valence-corrected chi connectivity index (χ2v) is 5.60. The van der Waals surface area contributed by atoms with E-state index in [4.69, 9.17) is 5.73 Å². The largest absolute Gasteiger partial charge is 0.345 e. The Balaban J connectivity index is 0.00000289. The summed E-state index contributed by atoms with van der Waals surface area (Å²) in [5, 5.41) is 4.02. The number of halogens is 1. The van der Waals surface area contributed by atoms with Gasteiger partial charge < -0.3 is 10.6 Å². The SMILES string of the molecule is CC(C)C(N)CCN(C)C(=O)Cc1ccsc1.Cl. The van der Waals surface area contributed by atoms with Crippen LogP contribution in [0.3, 0.4) is 0 Å². The number of thiophene rings is 1. The summed E-state index contributed by atoms with van der Waals surface area (Å²) in [5.74, 6) is 0.634. The van der Waals surface area contributed by atoms with E-state index in [0.717, 1.165) is 18.5 Å². The van der Waals surface area contributed by atoms with Crippen molar-refractivity contribution in [1.82, 2.24) is 4.90 Å². The van der Waals surface area contributed by atoms with Gasteiger partial charge in [-0.25, -0.2) is 0 Å². The molecule has 2 N–H and O–H groups in total. The van der Waals surface area contributed by atoms with E-state index in [9.17, 15) is 4.79 Å². The predicted molar refractivity (Wildman–Crippen MR) is 80.3 cm³/mol. The van der Waals surface area contributed by atoms with Crippen LogP contribution in [0.1, 0.15) is 25.8 Å². The van der Waals surface area contributed by atoms with Crippen LogP contribution in [0.2, 0.25) is 0 Å². The Bertz CT molecular complexity index is 341. The van der Waals surface area contributed by atoms with E-state index in [-0.39, 0.29) is 24.4 Å². The van der Waals surface area contributed by atoms with Crippen LogP contribution in [0, 0.1) is 5.92 Å². The van der Waals surface area contributed by atoms with Gasteiger partial charge >= 0.3 is 0 Å². The fourth-order valence-corrected chi connectivity index (χ4v) is 2.17. The molecule has 0 saturated carbocycles. The summed E-state index contributed by atoms with van der Waals surface area (Å²) in [5.41, 5.74) is 7.06. The van der Waals surface area contributed by atoms with Crippen molar-refractivity contribution >= 4 is 29.7 Å². The maximum absolute atomic E-state index is 11.9. The topological polar surface area (TPSA) is 46.3 Å². The van der Waals surface area contributed by atoms with Crippen LogP contribution in [0.4, 0.5) is 0 Å². The number of likely N-dealkylation sites (N-methyl/N-ethyl adjacent to an activating group) is 1. The third-order valence-corrected chi connectivity index (χ3v) is 3.75. The molecular weight excluding hydrogens is 268 g/mol. The van der Waals surface area contributed by atoms with E-state index in [2.05, 4.69) is 13.8 Å². The van der Waals surface area contributed by atoms with Gasteiger partial charge in [-0.15, -0.1) is 12.4 Å². The summed E-state index contributed by atoms with van der Waals surface area (Å²) >= 11 is 1.62. The van der Waals surface area contributed by atoms with Crippen LogP contribution >= 0.6 is 23.7 Å². The molecule has 0 aliphatic rings. The first-order chi connectivity index (χ1) is 8.00.